The van der Waals surface area contributed by atoms with E-state index in [1.807, 2.05) is 6.92 Å². The van der Waals surface area contributed by atoms with Gasteiger partial charge in [0, 0.05) is 12.1 Å². The summed E-state index contributed by atoms with van der Waals surface area (Å²) in [7, 11) is 1.60. The van der Waals surface area contributed by atoms with Crippen molar-refractivity contribution in [1.82, 2.24) is 5.32 Å². The summed E-state index contributed by atoms with van der Waals surface area (Å²) in [6.45, 7) is 3.26. The Bertz CT molecular complexity index is 614. The molecule has 0 radical (unpaired) electrons. The fourth-order valence-electron chi connectivity index (χ4n) is 4.80. The van der Waals surface area contributed by atoms with Crippen LogP contribution in [0.5, 0.6) is 0 Å². The van der Waals surface area contributed by atoms with E-state index in [4.69, 9.17) is 36.1 Å². The van der Waals surface area contributed by atoms with E-state index in [9.17, 15) is 20.4 Å². The number of likely N-dealkylation sites (N-methyl/N-ethyl adjacent to an activating group) is 1. The smallest absolute Gasteiger partial charge is 0.185 e. The molecule has 2 saturated heterocycles. The molecule has 1 aliphatic carbocycles. The molecule has 3 fully saturated rings. The maximum atomic E-state index is 11.0. The number of rotatable bonds is 6. The Balaban J connectivity index is 1.69. The number of ether oxygens (including phenoxy) is 4. The molecule has 1 saturated carbocycles. The molecule has 0 aromatic heterocycles. The van der Waals surface area contributed by atoms with Crippen molar-refractivity contribution in [3.8, 4) is 0 Å². The fourth-order valence-corrected chi connectivity index (χ4v) is 4.80. The molecular weight excluding hydrogens is 424 g/mol. The third kappa shape index (κ3) is 5.43. The van der Waals surface area contributed by atoms with E-state index in [-0.39, 0.29) is 25.2 Å². The van der Waals surface area contributed by atoms with Gasteiger partial charge < -0.3 is 61.9 Å². The van der Waals surface area contributed by atoms with Gasteiger partial charge >= 0.3 is 0 Å². The third-order valence-corrected chi connectivity index (χ3v) is 6.74. The van der Waals surface area contributed by atoms with Gasteiger partial charge in [-0.25, -0.2) is 0 Å². The second-order valence-corrected chi connectivity index (χ2v) is 9.60. The first-order valence-corrected chi connectivity index (χ1v) is 11.2. The monoisotopic (exact) mass is 464 g/mol. The van der Waals surface area contributed by atoms with Gasteiger partial charge in [0.1, 0.15) is 30.0 Å². The summed E-state index contributed by atoms with van der Waals surface area (Å²) < 4.78 is 23.2. The zero-order chi connectivity index (χ0) is 23.8. The Morgan fingerprint density at radius 3 is 2.31 bits per heavy atom. The Labute approximate surface area is 188 Å². The van der Waals surface area contributed by atoms with Crippen LogP contribution in [0.15, 0.2) is 0 Å². The molecule has 13 atom stereocenters. The van der Waals surface area contributed by atoms with Gasteiger partial charge in [0.05, 0.1) is 30.9 Å². The Morgan fingerprint density at radius 2 is 1.69 bits per heavy atom. The lowest BCUT2D eigenvalue weighted by Crippen LogP contribution is -2.68. The molecule has 0 bridgehead atoms. The number of hydrogen-bond acceptors (Lipinski definition) is 12. The van der Waals surface area contributed by atoms with Crippen molar-refractivity contribution >= 4 is 0 Å². The van der Waals surface area contributed by atoms with Crippen LogP contribution in [0.1, 0.15) is 33.1 Å². The fraction of sp³-hybridized carbons (Fsp3) is 1.00. The highest BCUT2D eigenvalue weighted by atomic mass is 16.7. The van der Waals surface area contributed by atoms with Crippen molar-refractivity contribution in [3.63, 3.8) is 0 Å². The number of hydrogen-bond donors (Lipinski definition) is 8. The first-order valence-electron chi connectivity index (χ1n) is 11.2. The van der Waals surface area contributed by atoms with Crippen LogP contribution in [-0.4, -0.2) is 113 Å². The number of aliphatic hydroxyl groups excluding tert-OH is 3. The molecule has 0 aromatic rings. The number of nitrogens with one attached hydrogen (secondary N) is 1. The second kappa shape index (κ2) is 10.4. The average Bonchev–Trinajstić information content (AvgIpc) is 2.71. The maximum Gasteiger partial charge on any atom is 0.185 e. The average molecular weight is 465 g/mol. The van der Waals surface area contributed by atoms with Crippen LogP contribution in [0.4, 0.5) is 0 Å². The highest BCUT2D eigenvalue weighted by Crippen LogP contribution is 2.32. The number of aliphatic hydroxyl groups is 4. The van der Waals surface area contributed by atoms with Crippen molar-refractivity contribution in [1.29, 1.82) is 0 Å². The molecule has 11 N–H and O–H groups in total. The molecular formula is C20H40N4O8. The van der Waals surface area contributed by atoms with Crippen LogP contribution in [0, 0.1) is 0 Å². The largest absolute Gasteiger partial charge is 0.390 e. The zero-order valence-corrected chi connectivity index (χ0v) is 18.9. The molecule has 2 aliphatic heterocycles. The van der Waals surface area contributed by atoms with Gasteiger partial charge in [-0.3, -0.25) is 0 Å². The summed E-state index contributed by atoms with van der Waals surface area (Å²) in [5.74, 6) is 0. The van der Waals surface area contributed by atoms with E-state index in [2.05, 4.69) is 5.32 Å². The van der Waals surface area contributed by atoms with Crippen LogP contribution in [0.25, 0.3) is 0 Å². The molecule has 188 valence electrons. The van der Waals surface area contributed by atoms with Crippen LogP contribution in [0.3, 0.4) is 0 Å². The Kier molecular flexibility index (Phi) is 8.51. The Morgan fingerprint density at radius 1 is 1.03 bits per heavy atom. The molecule has 0 amide bonds. The standard InChI is InChI=1S/C20H40N4O8/c1-8(21)12-5-4-9(22)18(30-12)31-15-10(23)6-11(25)16(13(15)26)32-19-14(27)17(24-3)20(2,28)7-29-19/h8-19,24-28H,4-7,21-23H2,1-3H3/t8-,9+,10+,11-,12+,13+,14-,15-,16+,17+,18+,19+,20+/m1/s1. The summed E-state index contributed by atoms with van der Waals surface area (Å²) in [4.78, 5) is 0. The normalized spacial score (nSPS) is 51.4. The lowest BCUT2D eigenvalue weighted by atomic mass is 9.85. The zero-order valence-electron chi connectivity index (χ0n) is 18.9. The highest BCUT2D eigenvalue weighted by Gasteiger charge is 2.51. The molecule has 12 heteroatoms. The van der Waals surface area contributed by atoms with Crippen LogP contribution in [-0.2, 0) is 18.9 Å². The summed E-state index contributed by atoms with van der Waals surface area (Å²) >= 11 is 0. The van der Waals surface area contributed by atoms with Gasteiger partial charge in [0.2, 0.25) is 0 Å². The predicted molar refractivity (Wildman–Crippen MR) is 113 cm³/mol. The molecule has 12 nitrogen and oxygen atoms in total. The topological polar surface area (TPSA) is 208 Å². The molecule has 0 spiro atoms. The number of nitrogens with two attached hydrogens (primary N) is 3. The maximum absolute atomic E-state index is 11.0. The van der Waals surface area contributed by atoms with Crippen molar-refractivity contribution in [2.75, 3.05) is 13.7 Å². The van der Waals surface area contributed by atoms with Gasteiger partial charge in [0.25, 0.3) is 0 Å². The summed E-state index contributed by atoms with van der Waals surface area (Å²) in [5, 5.41) is 45.4. The van der Waals surface area contributed by atoms with Crippen molar-refractivity contribution in [2.45, 2.75) is 112 Å². The lowest BCUT2D eigenvalue weighted by Gasteiger charge is -2.48. The van der Waals surface area contributed by atoms with E-state index in [1.165, 1.54) is 6.92 Å². The van der Waals surface area contributed by atoms with Crippen LogP contribution in [0.2, 0.25) is 0 Å². The predicted octanol–water partition coefficient (Wildman–Crippen LogP) is -3.55. The molecule has 3 rings (SSSR count). The molecule has 0 unspecified atom stereocenters. The van der Waals surface area contributed by atoms with E-state index < -0.39 is 66.8 Å². The first-order chi connectivity index (χ1) is 15.0. The van der Waals surface area contributed by atoms with Crippen molar-refractivity contribution in [2.24, 2.45) is 17.2 Å². The molecule has 0 aromatic carbocycles. The van der Waals surface area contributed by atoms with Gasteiger partial charge in [-0.05, 0) is 40.2 Å². The van der Waals surface area contributed by atoms with Crippen molar-refractivity contribution in [3.05, 3.63) is 0 Å². The quantitative estimate of drug-likeness (QED) is 0.192. The Hall–Kier alpha value is -0.480. The summed E-state index contributed by atoms with van der Waals surface area (Å²) in [5.41, 5.74) is 17.0. The van der Waals surface area contributed by atoms with E-state index >= 15 is 0 Å². The van der Waals surface area contributed by atoms with Gasteiger partial charge in [-0.15, -0.1) is 0 Å². The minimum atomic E-state index is -1.34. The minimum Gasteiger partial charge on any atom is -0.390 e. The summed E-state index contributed by atoms with van der Waals surface area (Å²) in [6, 6.07) is -2.07. The van der Waals surface area contributed by atoms with Crippen LogP contribution < -0.4 is 22.5 Å². The van der Waals surface area contributed by atoms with Gasteiger partial charge in [0.15, 0.2) is 12.6 Å². The first kappa shape index (κ1) is 26.1. The summed E-state index contributed by atoms with van der Waals surface area (Å²) in [6.07, 6.45) is -6.60. The molecule has 3 aliphatic rings. The van der Waals surface area contributed by atoms with Gasteiger partial charge in [-0.2, -0.15) is 0 Å². The minimum absolute atomic E-state index is 0.0844. The molecule has 32 heavy (non-hydrogen) atoms. The van der Waals surface area contributed by atoms with E-state index in [0.29, 0.717) is 12.8 Å². The van der Waals surface area contributed by atoms with Gasteiger partial charge in [-0.1, -0.05) is 0 Å². The highest BCUT2D eigenvalue weighted by molar-refractivity contribution is 5.01. The van der Waals surface area contributed by atoms with Crippen LogP contribution >= 0.6 is 0 Å². The van der Waals surface area contributed by atoms with E-state index in [0.717, 1.165) is 0 Å². The third-order valence-electron chi connectivity index (χ3n) is 6.74. The van der Waals surface area contributed by atoms with Crippen molar-refractivity contribution < 1.29 is 39.4 Å². The lowest BCUT2D eigenvalue weighted by molar-refractivity contribution is -0.316. The van der Waals surface area contributed by atoms with E-state index in [1.54, 1.807) is 7.05 Å². The molecule has 2 heterocycles. The second-order valence-electron chi connectivity index (χ2n) is 9.60. The SMILES string of the molecule is CN[C@H]1[C@@H](O)[C@H](O[C@@H]2[C@@H](O)[C@H](O[C@@H]3O[C@H]([C@@H](C)N)CC[C@@H]3N)[C@@H](N)C[C@H]2O)OC[C@]1(C)O.